The van der Waals surface area contributed by atoms with Gasteiger partial charge in [-0.25, -0.2) is 9.37 Å². The zero-order valence-electron chi connectivity index (χ0n) is 15.2. The van der Waals surface area contributed by atoms with Crippen LogP contribution in [0.25, 0.3) is 21.8 Å². The lowest BCUT2D eigenvalue weighted by atomic mass is 10.1. The SMILES string of the molecule is O=C(CN1CCOCC1)Nc1cccc(-c2nc(-c3ccccc3F)cs2)c1. The molecule has 2 aromatic carbocycles. The van der Waals surface area contributed by atoms with Crippen LogP contribution in [0.2, 0.25) is 0 Å². The Morgan fingerprint density at radius 1 is 1.18 bits per heavy atom. The van der Waals surface area contributed by atoms with Crippen LogP contribution in [0, 0.1) is 5.82 Å². The van der Waals surface area contributed by atoms with Gasteiger partial charge in [-0.3, -0.25) is 9.69 Å². The van der Waals surface area contributed by atoms with Gasteiger partial charge in [-0.15, -0.1) is 11.3 Å². The Bertz CT molecular complexity index is 970. The smallest absolute Gasteiger partial charge is 0.238 e. The highest BCUT2D eigenvalue weighted by molar-refractivity contribution is 7.13. The lowest BCUT2D eigenvalue weighted by Gasteiger charge is -2.25. The van der Waals surface area contributed by atoms with E-state index in [4.69, 9.17) is 4.74 Å². The molecule has 0 atom stereocenters. The number of carbonyl (C=O) groups is 1. The molecule has 28 heavy (non-hydrogen) atoms. The van der Waals surface area contributed by atoms with Crippen LogP contribution in [0.5, 0.6) is 0 Å². The van der Waals surface area contributed by atoms with Gasteiger partial charge in [0.2, 0.25) is 5.91 Å². The van der Waals surface area contributed by atoms with Gasteiger partial charge in [0.15, 0.2) is 0 Å². The Morgan fingerprint density at radius 2 is 2.00 bits per heavy atom. The molecule has 4 rings (SSSR count). The molecule has 5 nitrogen and oxygen atoms in total. The zero-order valence-corrected chi connectivity index (χ0v) is 16.0. The number of hydrogen-bond acceptors (Lipinski definition) is 5. The van der Waals surface area contributed by atoms with Crippen molar-refractivity contribution in [2.45, 2.75) is 0 Å². The Kier molecular flexibility index (Phi) is 5.76. The van der Waals surface area contributed by atoms with Gasteiger partial charge in [0.25, 0.3) is 0 Å². The number of nitrogens with zero attached hydrogens (tertiary/aromatic N) is 2. The van der Waals surface area contributed by atoms with Gasteiger partial charge in [0, 0.05) is 35.3 Å². The zero-order chi connectivity index (χ0) is 19.3. The predicted octanol–water partition coefficient (Wildman–Crippen LogP) is 3.89. The molecule has 1 aliphatic rings. The Hall–Kier alpha value is -2.61. The molecule has 0 spiro atoms. The molecule has 1 amide bonds. The molecule has 1 aliphatic heterocycles. The predicted molar refractivity (Wildman–Crippen MR) is 109 cm³/mol. The first-order chi connectivity index (χ1) is 13.7. The molecular weight excluding hydrogens is 377 g/mol. The van der Waals surface area contributed by atoms with Gasteiger partial charge in [-0.1, -0.05) is 24.3 Å². The molecule has 1 saturated heterocycles. The number of rotatable bonds is 5. The summed E-state index contributed by atoms with van der Waals surface area (Å²) in [4.78, 5) is 18.9. The Morgan fingerprint density at radius 3 is 2.82 bits per heavy atom. The van der Waals surface area contributed by atoms with Crippen molar-refractivity contribution in [3.63, 3.8) is 0 Å². The van der Waals surface area contributed by atoms with Crippen LogP contribution in [-0.2, 0) is 9.53 Å². The summed E-state index contributed by atoms with van der Waals surface area (Å²) < 4.78 is 19.3. The van der Waals surface area contributed by atoms with Gasteiger partial charge in [-0.2, -0.15) is 0 Å². The number of anilines is 1. The van der Waals surface area contributed by atoms with Crippen LogP contribution >= 0.6 is 11.3 Å². The van der Waals surface area contributed by atoms with Crippen molar-refractivity contribution in [2.24, 2.45) is 0 Å². The van der Waals surface area contributed by atoms with Crippen molar-refractivity contribution >= 4 is 22.9 Å². The summed E-state index contributed by atoms with van der Waals surface area (Å²) in [5.74, 6) is -0.339. The van der Waals surface area contributed by atoms with Crippen LogP contribution in [0.1, 0.15) is 0 Å². The van der Waals surface area contributed by atoms with Gasteiger partial charge in [0.1, 0.15) is 10.8 Å². The van der Waals surface area contributed by atoms with Crippen LogP contribution in [0.3, 0.4) is 0 Å². The number of aromatic nitrogens is 1. The maximum absolute atomic E-state index is 14.0. The molecule has 0 aliphatic carbocycles. The highest BCUT2D eigenvalue weighted by atomic mass is 32.1. The number of ether oxygens (including phenoxy) is 1. The fourth-order valence-corrected chi connectivity index (χ4v) is 3.91. The molecular formula is C21H20FN3O2S. The first-order valence-corrected chi connectivity index (χ1v) is 9.98. The van der Waals surface area contributed by atoms with Crippen LogP contribution < -0.4 is 5.32 Å². The number of nitrogens with one attached hydrogen (secondary N) is 1. The third-order valence-electron chi connectivity index (χ3n) is 4.52. The first kappa shape index (κ1) is 18.7. The van der Waals surface area contributed by atoms with Gasteiger partial charge >= 0.3 is 0 Å². The lowest BCUT2D eigenvalue weighted by Crippen LogP contribution is -2.41. The monoisotopic (exact) mass is 397 g/mol. The molecule has 0 saturated carbocycles. The van der Waals surface area contributed by atoms with E-state index in [-0.39, 0.29) is 11.7 Å². The average Bonchev–Trinajstić information content (AvgIpc) is 3.19. The molecule has 7 heteroatoms. The third kappa shape index (κ3) is 4.44. The molecule has 144 valence electrons. The van der Waals surface area contributed by atoms with Crippen molar-refractivity contribution in [2.75, 3.05) is 38.2 Å². The summed E-state index contributed by atoms with van der Waals surface area (Å²) in [6, 6.07) is 14.2. The maximum Gasteiger partial charge on any atom is 0.238 e. The maximum atomic E-state index is 14.0. The molecule has 1 aromatic heterocycles. The highest BCUT2D eigenvalue weighted by Crippen LogP contribution is 2.31. The number of hydrogen-bond donors (Lipinski definition) is 1. The number of thiazole rings is 1. The number of halogens is 1. The van der Waals surface area contributed by atoms with Crippen molar-refractivity contribution in [3.05, 3.63) is 59.7 Å². The second-order valence-electron chi connectivity index (χ2n) is 6.54. The molecule has 3 aromatic rings. The van der Waals surface area contributed by atoms with Gasteiger partial charge < -0.3 is 10.1 Å². The van der Waals surface area contributed by atoms with Crippen LogP contribution in [0.15, 0.2) is 53.9 Å². The van der Waals surface area contributed by atoms with Gasteiger partial charge in [-0.05, 0) is 24.3 Å². The minimum absolute atomic E-state index is 0.0507. The highest BCUT2D eigenvalue weighted by Gasteiger charge is 2.15. The van der Waals surface area contributed by atoms with Crippen LogP contribution in [0.4, 0.5) is 10.1 Å². The fourth-order valence-electron chi connectivity index (χ4n) is 3.09. The summed E-state index contributed by atoms with van der Waals surface area (Å²) in [5, 5.41) is 5.57. The number of morpholine rings is 1. The normalized spacial score (nSPS) is 14.8. The summed E-state index contributed by atoms with van der Waals surface area (Å²) in [6.45, 7) is 3.22. The topological polar surface area (TPSA) is 54.5 Å². The summed E-state index contributed by atoms with van der Waals surface area (Å²) in [7, 11) is 0. The second kappa shape index (κ2) is 8.60. The number of benzene rings is 2. The largest absolute Gasteiger partial charge is 0.379 e. The fraction of sp³-hybridized carbons (Fsp3) is 0.238. The number of carbonyl (C=O) groups excluding carboxylic acids is 1. The third-order valence-corrected chi connectivity index (χ3v) is 5.41. The van der Waals surface area contributed by atoms with E-state index in [2.05, 4.69) is 15.2 Å². The second-order valence-corrected chi connectivity index (χ2v) is 7.39. The van der Waals surface area contributed by atoms with Crippen molar-refractivity contribution in [3.8, 4) is 21.8 Å². The van der Waals surface area contributed by atoms with E-state index in [9.17, 15) is 9.18 Å². The number of amides is 1. The van der Waals surface area contributed by atoms with Crippen molar-refractivity contribution < 1.29 is 13.9 Å². The molecule has 2 heterocycles. The van der Waals surface area contributed by atoms with E-state index >= 15 is 0 Å². The minimum atomic E-state index is -0.288. The summed E-state index contributed by atoms with van der Waals surface area (Å²) in [6.07, 6.45) is 0. The first-order valence-electron chi connectivity index (χ1n) is 9.10. The van der Waals surface area contributed by atoms with Gasteiger partial charge in [0.05, 0.1) is 25.5 Å². The quantitative estimate of drug-likeness (QED) is 0.710. The van der Waals surface area contributed by atoms with Crippen molar-refractivity contribution in [1.29, 1.82) is 0 Å². The minimum Gasteiger partial charge on any atom is -0.379 e. The molecule has 0 unspecified atom stereocenters. The van der Waals surface area contributed by atoms with E-state index in [1.54, 1.807) is 18.2 Å². The van der Waals surface area contributed by atoms with E-state index in [0.29, 0.717) is 31.0 Å². The summed E-state index contributed by atoms with van der Waals surface area (Å²) in [5.41, 5.74) is 2.70. The Balaban J connectivity index is 1.47. The molecule has 1 fully saturated rings. The summed E-state index contributed by atoms with van der Waals surface area (Å²) >= 11 is 1.45. The standard InChI is InChI=1S/C21H20FN3O2S/c22-18-7-2-1-6-17(18)19-14-28-21(24-19)15-4-3-5-16(12-15)23-20(26)13-25-8-10-27-11-9-25/h1-7,12,14H,8-11,13H2,(H,23,26). The molecule has 0 radical (unpaired) electrons. The lowest BCUT2D eigenvalue weighted by molar-refractivity contribution is -0.118. The molecule has 0 bridgehead atoms. The van der Waals surface area contributed by atoms with Crippen LogP contribution in [-0.4, -0.2) is 48.6 Å². The average molecular weight is 397 g/mol. The van der Waals surface area contributed by atoms with Crippen molar-refractivity contribution in [1.82, 2.24) is 9.88 Å². The van der Waals surface area contributed by atoms with E-state index in [1.807, 2.05) is 29.6 Å². The van der Waals surface area contributed by atoms with E-state index < -0.39 is 0 Å². The van der Waals surface area contributed by atoms with E-state index in [1.165, 1.54) is 17.4 Å². The Labute approximate surface area is 166 Å². The molecule has 1 N–H and O–H groups in total. The van der Waals surface area contributed by atoms with E-state index in [0.717, 1.165) is 29.3 Å².